The minimum Gasteiger partial charge on any atom is -0.484 e. The summed E-state index contributed by atoms with van der Waals surface area (Å²) in [5.41, 5.74) is 2.35. The smallest absolute Gasteiger partial charge is 0.260 e. The van der Waals surface area contributed by atoms with Crippen LogP contribution in [0.4, 0.5) is 4.39 Å². The molecule has 0 saturated carbocycles. The summed E-state index contributed by atoms with van der Waals surface area (Å²) in [6.07, 6.45) is 0.648. The fraction of sp³-hybridized carbons (Fsp3) is 0.364. The van der Waals surface area contributed by atoms with Crippen LogP contribution in [-0.4, -0.2) is 54.4 Å². The molecule has 148 valence electrons. The number of ether oxygens (including phenoxy) is 1. The van der Waals surface area contributed by atoms with Gasteiger partial charge in [-0.15, -0.1) is 0 Å². The standard InChI is InChI=1S/C22H25FN2O3/c1-16-8-9-18(14-17(16)2)28-15-21(26)24-10-5-11-25(13-12-24)22(27)19-6-3-4-7-20(19)23/h3-4,6-9,14H,5,10-13,15H2,1-2H3. The fourth-order valence-corrected chi connectivity index (χ4v) is 3.21. The van der Waals surface area contributed by atoms with Crippen molar-refractivity contribution in [1.82, 2.24) is 9.80 Å². The Morgan fingerprint density at radius 1 is 0.964 bits per heavy atom. The Labute approximate surface area is 164 Å². The number of benzene rings is 2. The molecule has 0 bridgehead atoms. The first-order valence-corrected chi connectivity index (χ1v) is 9.47. The first-order chi connectivity index (χ1) is 13.5. The van der Waals surface area contributed by atoms with Crippen molar-refractivity contribution in [3.05, 3.63) is 65.0 Å². The summed E-state index contributed by atoms with van der Waals surface area (Å²) in [6.45, 7) is 5.82. The van der Waals surface area contributed by atoms with Gasteiger partial charge in [0.05, 0.1) is 5.56 Å². The number of rotatable bonds is 4. The lowest BCUT2D eigenvalue weighted by atomic mass is 10.1. The van der Waals surface area contributed by atoms with Gasteiger partial charge in [0.15, 0.2) is 6.61 Å². The third kappa shape index (κ3) is 4.68. The Bertz CT molecular complexity index is 869. The number of hydrogen-bond acceptors (Lipinski definition) is 3. The minimum absolute atomic E-state index is 0.0379. The Balaban J connectivity index is 1.55. The number of nitrogens with zero attached hydrogens (tertiary/aromatic N) is 2. The average molecular weight is 384 g/mol. The molecule has 2 aromatic rings. The van der Waals surface area contributed by atoms with Crippen molar-refractivity contribution in [1.29, 1.82) is 0 Å². The zero-order valence-corrected chi connectivity index (χ0v) is 16.3. The van der Waals surface area contributed by atoms with E-state index in [1.807, 2.05) is 32.0 Å². The second kappa shape index (κ2) is 8.87. The lowest BCUT2D eigenvalue weighted by Crippen LogP contribution is -2.39. The van der Waals surface area contributed by atoms with E-state index in [1.165, 1.54) is 17.7 Å². The quantitative estimate of drug-likeness (QED) is 0.813. The second-order valence-electron chi connectivity index (χ2n) is 7.04. The first-order valence-electron chi connectivity index (χ1n) is 9.47. The van der Waals surface area contributed by atoms with E-state index in [2.05, 4.69) is 0 Å². The third-order valence-electron chi connectivity index (χ3n) is 5.08. The van der Waals surface area contributed by atoms with Gasteiger partial charge in [-0.05, 0) is 55.7 Å². The predicted molar refractivity (Wildman–Crippen MR) is 105 cm³/mol. The monoisotopic (exact) mass is 384 g/mol. The molecule has 0 aliphatic carbocycles. The highest BCUT2D eigenvalue weighted by Gasteiger charge is 2.24. The molecule has 1 fully saturated rings. The number of carbonyl (C=O) groups is 2. The van der Waals surface area contributed by atoms with E-state index in [9.17, 15) is 14.0 Å². The lowest BCUT2D eigenvalue weighted by molar-refractivity contribution is -0.133. The summed E-state index contributed by atoms with van der Waals surface area (Å²) >= 11 is 0. The van der Waals surface area contributed by atoms with Gasteiger partial charge < -0.3 is 14.5 Å². The summed E-state index contributed by atoms with van der Waals surface area (Å²) in [6, 6.07) is 11.7. The van der Waals surface area contributed by atoms with E-state index in [4.69, 9.17) is 4.74 Å². The van der Waals surface area contributed by atoms with Gasteiger partial charge in [-0.1, -0.05) is 18.2 Å². The van der Waals surface area contributed by atoms with Crippen LogP contribution in [0.25, 0.3) is 0 Å². The van der Waals surface area contributed by atoms with Gasteiger partial charge >= 0.3 is 0 Å². The van der Waals surface area contributed by atoms with Crippen LogP contribution in [-0.2, 0) is 4.79 Å². The van der Waals surface area contributed by atoms with Gasteiger partial charge in [-0.2, -0.15) is 0 Å². The van der Waals surface area contributed by atoms with Crippen LogP contribution in [0.15, 0.2) is 42.5 Å². The molecule has 2 aromatic carbocycles. The molecule has 3 rings (SSSR count). The van der Waals surface area contributed by atoms with Crippen LogP contribution >= 0.6 is 0 Å². The average Bonchev–Trinajstić information content (AvgIpc) is 2.95. The van der Waals surface area contributed by atoms with Crippen molar-refractivity contribution < 1.29 is 18.7 Å². The Morgan fingerprint density at radius 3 is 2.43 bits per heavy atom. The molecule has 1 saturated heterocycles. The third-order valence-corrected chi connectivity index (χ3v) is 5.08. The number of hydrogen-bond donors (Lipinski definition) is 0. The molecule has 2 amide bonds. The van der Waals surface area contributed by atoms with Crippen molar-refractivity contribution in [3.8, 4) is 5.75 Å². The Kier molecular flexibility index (Phi) is 6.29. The summed E-state index contributed by atoms with van der Waals surface area (Å²) in [5.74, 6) is -0.300. The summed E-state index contributed by atoms with van der Waals surface area (Å²) < 4.78 is 19.5. The molecule has 5 nitrogen and oxygen atoms in total. The Hall–Kier alpha value is -2.89. The molecule has 0 aromatic heterocycles. The van der Waals surface area contributed by atoms with Gasteiger partial charge in [0, 0.05) is 26.2 Å². The van der Waals surface area contributed by atoms with Gasteiger partial charge in [-0.25, -0.2) is 4.39 Å². The van der Waals surface area contributed by atoms with E-state index < -0.39 is 5.82 Å². The molecule has 1 aliphatic rings. The summed E-state index contributed by atoms with van der Waals surface area (Å²) in [5, 5.41) is 0. The van der Waals surface area contributed by atoms with Crippen molar-refractivity contribution in [2.75, 3.05) is 32.8 Å². The molecule has 0 atom stereocenters. The zero-order valence-electron chi connectivity index (χ0n) is 16.3. The number of halogens is 1. The van der Waals surface area contributed by atoms with E-state index in [0.717, 1.165) is 5.56 Å². The molecule has 0 spiro atoms. The van der Waals surface area contributed by atoms with Crippen molar-refractivity contribution in [2.24, 2.45) is 0 Å². The van der Waals surface area contributed by atoms with Gasteiger partial charge in [0.1, 0.15) is 11.6 Å². The highest BCUT2D eigenvalue weighted by atomic mass is 19.1. The molecule has 28 heavy (non-hydrogen) atoms. The maximum atomic E-state index is 13.9. The van der Waals surface area contributed by atoms with Gasteiger partial charge in [0.2, 0.25) is 0 Å². The van der Waals surface area contributed by atoms with Crippen molar-refractivity contribution in [3.63, 3.8) is 0 Å². The zero-order chi connectivity index (χ0) is 20.1. The number of aryl methyl sites for hydroxylation is 2. The summed E-state index contributed by atoms with van der Waals surface area (Å²) in [4.78, 5) is 28.4. The maximum Gasteiger partial charge on any atom is 0.260 e. The SMILES string of the molecule is Cc1ccc(OCC(=O)N2CCCN(C(=O)c3ccccc3F)CC2)cc1C. The van der Waals surface area contributed by atoms with Gasteiger partial charge in [0.25, 0.3) is 11.8 Å². The predicted octanol–water partition coefficient (Wildman–Crippen LogP) is 3.20. The van der Waals surface area contributed by atoms with Crippen LogP contribution in [0.2, 0.25) is 0 Å². The molecular formula is C22H25FN2O3. The molecule has 6 heteroatoms. The molecule has 1 aliphatic heterocycles. The van der Waals surface area contributed by atoms with E-state index >= 15 is 0 Å². The van der Waals surface area contributed by atoms with Crippen molar-refractivity contribution >= 4 is 11.8 Å². The maximum absolute atomic E-state index is 13.9. The Morgan fingerprint density at radius 2 is 1.68 bits per heavy atom. The summed E-state index contributed by atoms with van der Waals surface area (Å²) in [7, 11) is 0. The minimum atomic E-state index is -0.522. The van der Waals surface area contributed by atoms with E-state index in [0.29, 0.717) is 38.3 Å². The van der Waals surface area contributed by atoms with Gasteiger partial charge in [-0.3, -0.25) is 9.59 Å². The lowest BCUT2D eigenvalue weighted by Gasteiger charge is -2.22. The second-order valence-corrected chi connectivity index (χ2v) is 7.04. The number of amides is 2. The normalized spacial score (nSPS) is 14.5. The topological polar surface area (TPSA) is 49.9 Å². The molecule has 0 radical (unpaired) electrons. The first kappa shape index (κ1) is 19.9. The highest BCUT2D eigenvalue weighted by molar-refractivity contribution is 5.94. The fourth-order valence-electron chi connectivity index (χ4n) is 3.21. The molecule has 1 heterocycles. The van der Waals surface area contributed by atoms with Crippen LogP contribution in [0.3, 0.4) is 0 Å². The van der Waals surface area contributed by atoms with E-state index in [1.54, 1.807) is 21.9 Å². The van der Waals surface area contributed by atoms with Crippen LogP contribution < -0.4 is 4.74 Å². The van der Waals surface area contributed by atoms with Crippen LogP contribution in [0, 0.1) is 19.7 Å². The largest absolute Gasteiger partial charge is 0.484 e. The molecule has 0 N–H and O–H groups in total. The highest BCUT2D eigenvalue weighted by Crippen LogP contribution is 2.17. The van der Waals surface area contributed by atoms with Crippen LogP contribution in [0.5, 0.6) is 5.75 Å². The number of carbonyl (C=O) groups excluding carboxylic acids is 2. The van der Waals surface area contributed by atoms with Crippen LogP contribution in [0.1, 0.15) is 27.9 Å². The van der Waals surface area contributed by atoms with E-state index in [-0.39, 0.29) is 24.0 Å². The van der Waals surface area contributed by atoms with Crippen molar-refractivity contribution in [2.45, 2.75) is 20.3 Å². The molecule has 0 unspecified atom stereocenters. The molecular weight excluding hydrogens is 359 g/mol.